The van der Waals surface area contributed by atoms with E-state index in [2.05, 4.69) is 22.0 Å². The molecule has 1 atom stereocenters. The number of nitrogens with zero attached hydrogens (tertiary/aromatic N) is 2. The van der Waals surface area contributed by atoms with Crippen molar-refractivity contribution >= 4 is 12.4 Å². The number of hydrogen-bond donors (Lipinski definition) is 2. The predicted molar refractivity (Wildman–Crippen MR) is 72.8 cm³/mol. The third-order valence-corrected chi connectivity index (χ3v) is 3.94. The van der Waals surface area contributed by atoms with Crippen LogP contribution in [0.5, 0.6) is 0 Å². The van der Waals surface area contributed by atoms with Gasteiger partial charge in [0.15, 0.2) is 0 Å². The molecule has 0 aromatic rings. The maximum absolute atomic E-state index is 8.89. The van der Waals surface area contributed by atoms with Gasteiger partial charge < -0.3 is 15.3 Å². The maximum Gasteiger partial charge on any atom is 0.0558 e. The van der Waals surface area contributed by atoms with Gasteiger partial charge in [0.1, 0.15) is 0 Å². The molecule has 0 spiro atoms. The molecule has 0 saturated carbocycles. The van der Waals surface area contributed by atoms with Crippen LogP contribution >= 0.6 is 12.4 Å². The van der Waals surface area contributed by atoms with Gasteiger partial charge in [-0.25, -0.2) is 0 Å². The Labute approximate surface area is 111 Å². The minimum atomic E-state index is 0. The van der Waals surface area contributed by atoms with Gasteiger partial charge in [-0.05, 0) is 18.4 Å². The number of β-amino-alcohol motifs (C(OH)–C–C–N with tert-alkyl or cyclic N) is 1. The standard InChI is InChI=1S/C12H25N3O.ClH/c1-12(2-3-13-10-12)11-15-6-4-14(5-7-15)8-9-16;/h13,16H,2-11H2,1H3;1H. The summed E-state index contributed by atoms with van der Waals surface area (Å²) in [5, 5.41) is 12.4. The van der Waals surface area contributed by atoms with Crippen molar-refractivity contribution in [2.75, 3.05) is 59.0 Å². The third-order valence-electron chi connectivity index (χ3n) is 3.94. The first-order valence-corrected chi connectivity index (χ1v) is 6.48. The lowest BCUT2D eigenvalue weighted by atomic mass is 9.89. The molecule has 102 valence electrons. The highest BCUT2D eigenvalue weighted by atomic mass is 35.5. The lowest BCUT2D eigenvalue weighted by molar-refractivity contribution is 0.0856. The molecule has 0 aliphatic carbocycles. The van der Waals surface area contributed by atoms with Crippen molar-refractivity contribution in [3.63, 3.8) is 0 Å². The van der Waals surface area contributed by atoms with Crippen LogP contribution in [0, 0.1) is 5.41 Å². The van der Waals surface area contributed by atoms with Crippen LogP contribution in [0.15, 0.2) is 0 Å². The molecule has 2 aliphatic rings. The van der Waals surface area contributed by atoms with E-state index in [9.17, 15) is 0 Å². The normalized spacial score (nSPS) is 31.4. The van der Waals surface area contributed by atoms with Crippen LogP contribution in [-0.4, -0.2) is 73.9 Å². The number of rotatable bonds is 4. The average Bonchev–Trinajstić information content (AvgIpc) is 2.68. The second-order valence-corrected chi connectivity index (χ2v) is 5.58. The summed E-state index contributed by atoms with van der Waals surface area (Å²) in [7, 11) is 0. The second kappa shape index (κ2) is 6.90. The van der Waals surface area contributed by atoms with Crippen molar-refractivity contribution in [1.29, 1.82) is 0 Å². The molecule has 2 saturated heterocycles. The molecular weight excluding hydrogens is 238 g/mol. The Bertz CT molecular complexity index is 214. The second-order valence-electron chi connectivity index (χ2n) is 5.58. The lowest BCUT2D eigenvalue weighted by Gasteiger charge is -2.38. The highest BCUT2D eigenvalue weighted by Gasteiger charge is 2.31. The smallest absolute Gasteiger partial charge is 0.0558 e. The van der Waals surface area contributed by atoms with Crippen LogP contribution in [-0.2, 0) is 0 Å². The molecule has 0 bridgehead atoms. The van der Waals surface area contributed by atoms with Crippen LogP contribution in [0.25, 0.3) is 0 Å². The summed E-state index contributed by atoms with van der Waals surface area (Å²) >= 11 is 0. The van der Waals surface area contributed by atoms with E-state index >= 15 is 0 Å². The number of piperazine rings is 1. The number of nitrogens with one attached hydrogen (secondary N) is 1. The van der Waals surface area contributed by atoms with Crippen LogP contribution in [0.1, 0.15) is 13.3 Å². The van der Waals surface area contributed by atoms with Crippen molar-refractivity contribution in [2.45, 2.75) is 13.3 Å². The summed E-state index contributed by atoms with van der Waals surface area (Å²) in [5.74, 6) is 0. The topological polar surface area (TPSA) is 38.7 Å². The molecule has 17 heavy (non-hydrogen) atoms. The lowest BCUT2D eigenvalue weighted by Crippen LogP contribution is -2.50. The van der Waals surface area contributed by atoms with Crippen molar-refractivity contribution < 1.29 is 5.11 Å². The van der Waals surface area contributed by atoms with Crippen LogP contribution in [0.3, 0.4) is 0 Å². The fourth-order valence-electron chi connectivity index (χ4n) is 2.86. The fraction of sp³-hybridized carbons (Fsp3) is 1.00. The summed E-state index contributed by atoms with van der Waals surface area (Å²) in [6.45, 7) is 11.7. The molecule has 1 unspecified atom stereocenters. The Morgan fingerprint density at radius 2 is 1.82 bits per heavy atom. The minimum absolute atomic E-state index is 0. The summed E-state index contributed by atoms with van der Waals surface area (Å²) in [5.41, 5.74) is 0.485. The zero-order valence-electron chi connectivity index (χ0n) is 10.8. The zero-order chi connectivity index (χ0) is 11.4. The van der Waals surface area contributed by atoms with Crippen molar-refractivity contribution in [3.8, 4) is 0 Å². The van der Waals surface area contributed by atoms with Gasteiger partial charge in [-0.1, -0.05) is 6.92 Å². The first-order chi connectivity index (χ1) is 7.72. The van der Waals surface area contributed by atoms with Crippen molar-refractivity contribution in [2.24, 2.45) is 5.41 Å². The minimum Gasteiger partial charge on any atom is -0.395 e. The average molecular weight is 264 g/mol. The van der Waals surface area contributed by atoms with E-state index in [1.54, 1.807) is 0 Å². The van der Waals surface area contributed by atoms with E-state index in [0.717, 1.165) is 32.7 Å². The molecule has 4 nitrogen and oxygen atoms in total. The first-order valence-electron chi connectivity index (χ1n) is 6.48. The van der Waals surface area contributed by atoms with Gasteiger partial charge in [0, 0.05) is 45.8 Å². The molecule has 2 N–H and O–H groups in total. The van der Waals surface area contributed by atoms with Gasteiger partial charge in [-0.15, -0.1) is 12.4 Å². The summed E-state index contributed by atoms with van der Waals surface area (Å²) in [4.78, 5) is 4.94. The highest BCUT2D eigenvalue weighted by molar-refractivity contribution is 5.85. The zero-order valence-corrected chi connectivity index (χ0v) is 11.6. The third kappa shape index (κ3) is 4.38. The van der Waals surface area contributed by atoms with E-state index in [4.69, 9.17) is 5.11 Å². The monoisotopic (exact) mass is 263 g/mol. The van der Waals surface area contributed by atoms with E-state index in [0.29, 0.717) is 12.0 Å². The number of hydrogen-bond acceptors (Lipinski definition) is 4. The van der Waals surface area contributed by atoms with E-state index in [1.165, 1.54) is 26.1 Å². The molecule has 2 heterocycles. The molecule has 0 aromatic heterocycles. The maximum atomic E-state index is 8.89. The molecule has 0 aromatic carbocycles. The summed E-state index contributed by atoms with van der Waals surface area (Å²) in [6.07, 6.45) is 1.31. The summed E-state index contributed by atoms with van der Waals surface area (Å²) in [6, 6.07) is 0. The fourth-order valence-corrected chi connectivity index (χ4v) is 2.86. The van der Waals surface area contributed by atoms with Gasteiger partial charge in [-0.2, -0.15) is 0 Å². The highest BCUT2D eigenvalue weighted by Crippen LogP contribution is 2.25. The Morgan fingerprint density at radius 1 is 1.18 bits per heavy atom. The van der Waals surface area contributed by atoms with Gasteiger partial charge in [0.25, 0.3) is 0 Å². The Morgan fingerprint density at radius 3 is 2.35 bits per heavy atom. The predicted octanol–water partition coefficient (Wildman–Crippen LogP) is 0.0177. The van der Waals surface area contributed by atoms with Gasteiger partial charge in [-0.3, -0.25) is 4.90 Å². The van der Waals surface area contributed by atoms with Gasteiger partial charge >= 0.3 is 0 Å². The van der Waals surface area contributed by atoms with Crippen molar-refractivity contribution in [1.82, 2.24) is 15.1 Å². The van der Waals surface area contributed by atoms with E-state index in [1.807, 2.05) is 0 Å². The Hall–Kier alpha value is 0.130. The largest absolute Gasteiger partial charge is 0.395 e. The molecular formula is C12H26ClN3O. The Kier molecular flexibility index (Phi) is 6.17. The van der Waals surface area contributed by atoms with Gasteiger partial charge in [0.2, 0.25) is 0 Å². The number of aliphatic hydroxyl groups is 1. The van der Waals surface area contributed by atoms with E-state index in [-0.39, 0.29) is 12.4 Å². The SMILES string of the molecule is CC1(CN2CCN(CCO)CC2)CCNC1.Cl. The molecule has 0 radical (unpaired) electrons. The molecule has 2 rings (SSSR count). The molecule has 0 amide bonds. The van der Waals surface area contributed by atoms with Crippen LogP contribution < -0.4 is 5.32 Å². The molecule has 2 aliphatic heterocycles. The van der Waals surface area contributed by atoms with Gasteiger partial charge in [0.05, 0.1) is 6.61 Å². The Balaban J connectivity index is 0.00000144. The van der Waals surface area contributed by atoms with E-state index < -0.39 is 0 Å². The van der Waals surface area contributed by atoms with Crippen molar-refractivity contribution in [3.05, 3.63) is 0 Å². The molecule has 2 fully saturated rings. The quantitative estimate of drug-likeness (QED) is 0.750. The number of halogens is 1. The number of aliphatic hydroxyl groups excluding tert-OH is 1. The van der Waals surface area contributed by atoms with Crippen LogP contribution in [0.4, 0.5) is 0 Å². The summed E-state index contributed by atoms with van der Waals surface area (Å²) < 4.78 is 0. The van der Waals surface area contributed by atoms with Crippen LogP contribution in [0.2, 0.25) is 0 Å². The molecule has 5 heteroatoms. The first kappa shape index (κ1) is 15.2.